The van der Waals surface area contributed by atoms with Crippen molar-refractivity contribution >= 4 is 29.5 Å². The van der Waals surface area contributed by atoms with Gasteiger partial charge in [-0.05, 0) is 39.0 Å². The van der Waals surface area contributed by atoms with Crippen LogP contribution in [0.4, 0.5) is 4.79 Å². The number of fused-ring (bicyclic) bond motifs is 1. The van der Waals surface area contributed by atoms with Crippen molar-refractivity contribution in [3.63, 3.8) is 0 Å². The van der Waals surface area contributed by atoms with Crippen molar-refractivity contribution < 1.29 is 14.4 Å². The summed E-state index contributed by atoms with van der Waals surface area (Å²) in [6, 6.07) is 0.0853. The quantitative estimate of drug-likeness (QED) is 0.319. The summed E-state index contributed by atoms with van der Waals surface area (Å²) in [4.78, 5) is 34.2. The lowest BCUT2D eigenvalue weighted by Gasteiger charge is -2.16. The van der Waals surface area contributed by atoms with Crippen molar-refractivity contribution in [1.82, 2.24) is 16.0 Å². The fourth-order valence-electron chi connectivity index (χ4n) is 3.28. The van der Waals surface area contributed by atoms with Crippen molar-refractivity contribution in [1.29, 1.82) is 0 Å². The summed E-state index contributed by atoms with van der Waals surface area (Å²) in [5, 5.41) is 9.31. The van der Waals surface area contributed by atoms with Gasteiger partial charge >= 0.3 is 6.03 Å². The van der Waals surface area contributed by atoms with Crippen LogP contribution in [-0.4, -0.2) is 53.4 Å². The van der Waals surface area contributed by atoms with Crippen LogP contribution in [0.15, 0.2) is 0 Å². The maximum atomic E-state index is 11.8. The number of carbonyl (C=O) groups is 3. The predicted molar refractivity (Wildman–Crippen MR) is 99.5 cm³/mol. The highest BCUT2D eigenvalue weighted by molar-refractivity contribution is 8.00. The molecule has 2 aliphatic rings. The molecule has 0 bridgehead atoms. The zero-order valence-corrected chi connectivity index (χ0v) is 15.7. The van der Waals surface area contributed by atoms with Crippen molar-refractivity contribution in [3.8, 4) is 0 Å². The van der Waals surface area contributed by atoms with Crippen LogP contribution in [0.1, 0.15) is 51.9 Å². The predicted octanol–water partition coefficient (Wildman–Crippen LogP) is 0.915. The average Bonchev–Trinajstić information content (AvgIpc) is 3.10. The molecule has 4 atom stereocenters. The van der Waals surface area contributed by atoms with Crippen LogP contribution in [0.5, 0.6) is 0 Å². The van der Waals surface area contributed by atoms with Crippen LogP contribution in [0.2, 0.25) is 0 Å². The third-order valence-corrected chi connectivity index (χ3v) is 6.38. The molecule has 5 N–H and O–H groups in total. The minimum atomic E-state index is -0.372. The number of carbonyl (C=O) groups excluding carboxylic acids is 3. The Labute approximate surface area is 153 Å². The van der Waals surface area contributed by atoms with Crippen molar-refractivity contribution in [2.45, 2.75) is 75.2 Å². The monoisotopic (exact) mass is 370 g/mol. The van der Waals surface area contributed by atoms with Crippen LogP contribution in [-0.2, 0) is 9.59 Å². The molecule has 8 heteroatoms. The molecular weight excluding hydrogens is 340 g/mol. The minimum absolute atomic E-state index is 0.0173. The van der Waals surface area contributed by atoms with Crippen LogP contribution >= 0.6 is 11.8 Å². The topological polar surface area (TPSA) is 113 Å². The van der Waals surface area contributed by atoms with E-state index in [0.29, 0.717) is 24.6 Å². The number of amides is 3. The number of thioether (sulfide) groups is 1. The molecule has 3 amide bonds. The molecule has 3 unspecified atom stereocenters. The van der Waals surface area contributed by atoms with Gasteiger partial charge in [-0.3, -0.25) is 9.59 Å². The van der Waals surface area contributed by atoms with E-state index in [1.165, 1.54) is 6.92 Å². The Morgan fingerprint density at radius 3 is 2.84 bits per heavy atom. The number of ketones is 1. The summed E-state index contributed by atoms with van der Waals surface area (Å²) in [5.41, 5.74) is 5.67. The molecule has 0 aromatic heterocycles. The van der Waals surface area contributed by atoms with Crippen molar-refractivity contribution in [2.24, 2.45) is 5.73 Å². The second kappa shape index (κ2) is 10.0. The van der Waals surface area contributed by atoms with Gasteiger partial charge in [-0.25, -0.2) is 4.79 Å². The number of nitrogens with one attached hydrogen (secondary N) is 3. The van der Waals surface area contributed by atoms with Crippen molar-refractivity contribution in [3.05, 3.63) is 0 Å². The van der Waals surface area contributed by atoms with E-state index in [2.05, 4.69) is 16.0 Å². The summed E-state index contributed by atoms with van der Waals surface area (Å²) in [5.74, 6) is 1.08. The van der Waals surface area contributed by atoms with Gasteiger partial charge in [0.2, 0.25) is 5.91 Å². The second-order valence-corrected chi connectivity index (χ2v) is 8.20. The summed E-state index contributed by atoms with van der Waals surface area (Å²) in [6.07, 6.45) is 5.82. The lowest BCUT2D eigenvalue weighted by molar-refractivity contribution is -0.121. The van der Waals surface area contributed by atoms with E-state index in [1.807, 2.05) is 11.8 Å². The van der Waals surface area contributed by atoms with E-state index in [0.717, 1.165) is 37.9 Å². The van der Waals surface area contributed by atoms with Gasteiger partial charge in [0.15, 0.2) is 0 Å². The van der Waals surface area contributed by atoms with E-state index in [1.54, 1.807) is 0 Å². The molecule has 2 rings (SSSR count). The molecule has 0 aromatic rings. The third kappa shape index (κ3) is 6.51. The fraction of sp³-hybridized carbons (Fsp3) is 0.824. The van der Waals surface area contributed by atoms with Gasteiger partial charge in [-0.15, -0.1) is 0 Å². The van der Waals surface area contributed by atoms with Gasteiger partial charge in [0.05, 0.1) is 18.1 Å². The number of unbranched alkanes of at least 4 members (excludes halogenated alkanes) is 2. The molecule has 0 saturated carbocycles. The molecule has 0 spiro atoms. The first-order valence-corrected chi connectivity index (χ1v) is 10.2. The SMILES string of the molecule is CC(=O)[C@H](N)CCCCNC(=O)CCCCC1SCC2NC(=O)NC21. The van der Waals surface area contributed by atoms with Gasteiger partial charge < -0.3 is 21.7 Å². The van der Waals surface area contributed by atoms with E-state index in [9.17, 15) is 14.4 Å². The van der Waals surface area contributed by atoms with E-state index < -0.39 is 0 Å². The summed E-state index contributed by atoms with van der Waals surface area (Å²) < 4.78 is 0. The van der Waals surface area contributed by atoms with E-state index >= 15 is 0 Å². The molecule has 2 saturated heterocycles. The maximum absolute atomic E-state index is 11.8. The first-order chi connectivity index (χ1) is 12.0. The minimum Gasteiger partial charge on any atom is -0.356 e. The highest BCUT2D eigenvalue weighted by atomic mass is 32.2. The van der Waals surface area contributed by atoms with Gasteiger partial charge in [-0.2, -0.15) is 11.8 Å². The number of Topliss-reactive ketones (excluding diaryl/α,β-unsaturated/α-hetero) is 1. The van der Waals surface area contributed by atoms with Gasteiger partial charge in [0.25, 0.3) is 0 Å². The zero-order valence-electron chi connectivity index (χ0n) is 14.9. The second-order valence-electron chi connectivity index (χ2n) is 6.93. The molecule has 2 heterocycles. The molecule has 142 valence electrons. The largest absolute Gasteiger partial charge is 0.356 e. The first kappa shape index (κ1) is 20.0. The third-order valence-electron chi connectivity index (χ3n) is 4.87. The molecule has 2 aliphatic heterocycles. The van der Waals surface area contributed by atoms with Gasteiger partial charge in [0.1, 0.15) is 5.78 Å². The Morgan fingerprint density at radius 1 is 1.28 bits per heavy atom. The summed E-state index contributed by atoms with van der Waals surface area (Å²) >= 11 is 1.91. The highest BCUT2D eigenvalue weighted by Gasteiger charge is 2.42. The average molecular weight is 371 g/mol. The first-order valence-electron chi connectivity index (χ1n) is 9.18. The molecule has 2 fully saturated rings. The molecular formula is C17H30N4O3S. The highest BCUT2D eigenvalue weighted by Crippen LogP contribution is 2.33. The van der Waals surface area contributed by atoms with E-state index in [4.69, 9.17) is 5.73 Å². The van der Waals surface area contributed by atoms with Crippen LogP contribution < -0.4 is 21.7 Å². The smallest absolute Gasteiger partial charge is 0.315 e. The Hall–Kier alpha value is -1.28. The molecule has 25 heavy (non-hydrogen) atoms. The normalized spacial score (nSPS) is 25.8. The number of hydrogen-bond acceptors (Lipinski definition) is 5. The van der Waals surface area contributed by atoms with Crippen LogP contribution in [0.25, 0.3) is 0 Å². The fourth-order valence-corrected chi connectivity index (χ4v) is 4.83. The Bertz CT molecular complexity index is 489. The zero-order chi connectivity index (χ0) is 18.2. The van der Waals surface area contributed by atoms with Crippen LogP contribution in [0, 0.1) is 0 Å². The van der Waals surface area contributed by atoms with E-state index in [-0.39, 0.29) is 35.8 Å². The Kier molecular flexibility index (Phi) is 8.02. The standard InChI is InChI=1S/C17H30N4O3S/c1-11(22)12(18)6-4-5-9-19-15(23)8-3-2-7-14-16-13(10-25-14)20-17(24)21-16/h12-14,16H,2-10,18H2,1H3,(H,19,23)(H2,20,21,24)/t12-,13?,14?,16?/m1/s1. The molecule has 0 aromatic carbocycles. The lowest BCUT2D eigenvalue weighted by atomic mass is 10.0. The lowest BCUT2D eigenvalue weighted by Crippen LogP contribution is -2.36. The van der Waals surface area contributed by atoms with Crippen LogP contribution in [0.3, 0.4) is 0 Å². The molecule has 7 nitrogen and oxygen atoms in total. The Morgan fingerprint density at radius 2 is 2.08 bits per heavy atom. The number of nitrogens with two attached hydrogens (primary N) is 1. The maximum Gasteiger partial charge on any atom is 0.315 e. The summed E-state index contributed by atoms with van der Waals surface area (Å²) in [6.45, 7) is 2.15. The van der Waals surface area contributed by atoms with Gasteiger partial charge in [-0.1, -0.05) is 6.42 Å². The summed E-state index contributed by atoms with van der Waals surface area (Å²) in [7, 11) is 0. The molecule has 0 radical (unpaired) electrons. The number of rotatable bonds is 11. The number of urea groups is 1. The Balaban J connectivity index is 1.46. The number of hydrogen-bond donors (Lipinski definition) is 4. The van der Waals surface area contributed by atoms with Crippen molar-refractivity contribution in [2.75, 3.05) is 12.3 Å². The van der Waals surface area contributed by atoms with Gasteiger partial charge in [0, 0.05) is 24.0 Å². The molecule has 0 aliphatic carbocycles.